The van der Waals surface area contributed by atoms with E-state index >= 15 is 0 Å². The van der Waals surface area contributed by atoms with E-state index in [1.807, 2.05) is 97.6 Å². The van der Waals surface area contributed by atoms with Crippen molar-refractivity contribution in [2.45, 2.75) is 52.8 Å². The molecular weight excluding hydrogens is 460 g/mol. The van der Waals surface area contributed by atoms with Gasteiger partial charge in [0.1, 0.15) is 12.3 Å². The van der Waals surface area contributed by atoms with Gasteiger partial charge in [-0.15, -0.1) is 0 Å². The topological polar surface area (TPSA) is 62.4 Å². The molecule has 0 aliphatic carbocycles. The van der Waals surface area contributed by atoms with Gasteiger partial charge in [0.15, 0.2) is 0 Å². The third kappa shape index (κ3) is 6.56. The minimum atomic E-state index is -0.384. The Labute approximate surface area is 219 Å². The van der Waals surface area contributed by atoms with Gasteiger partial charge in [-0.2, -0.15) is 0 Å². The van der Waals surface area contributed by atoms with Gasteiger partial charge in [0.05, 0.1) is 6.04 Å². The molecule has 0 radical (unpaired) electrons. The van der Waals surface area contributed by atoms with E-state index in [4.69, 9.17) is 4.74 Å². The minimum Gasteiger partial charge on any atom is -0.456 e. The molecule has 0 spiro atoms. The number of nitrogens with zero attached hydrogens (tertiary/aromatic N) is 1. The molecule has 0 aliphatic rings. The second-order valence-electron chi connectivity index (χ2n) is 9.38. The Bertz CT molecular complexity index is 1310. The maximum atomic E-state index is 13.6. The van der Waals surface area contributed by atoms with Crippen molar-refractivity contribution in [2.75, 3.05) is 0 Å². The number of rotatable bonds is 10. The molecule has 0 saturated carbocycles. The van der Waals surface area contributed by atoms with Crippen LogP contribution in [0.3, 0.4) is 0 Å². The van der Waals surface area contributed by atoms with Gasteiger partial charge >= 0.3 is 5.97 Å². The zero-order chi connectivity index (χ0) is 26.2. The zero-order valence-corrected chi connectivity index (χ0v) is 21.7. The van der Waals surface area contributed by atoms with E-state index in [1.54, 1.807) is 0 Å². The van der Waals surface area contributed by atoms with Gasteiger partial charge in [-0.1, -0.05) is 91.0 Å². The molecular formula is C32H34N2O3. The predicted octanol–water partition coefficient (Wildman–Crippen LogP) is 6.71. The van der Waals surface area contributed by atoms with Crippen LogP contribution in [0, 0.1) is 13.8 Å². The third-order valence-corrected chi connectivity index (χ3v) is 6.86. The highest BCUT2D eigenvalue weighted by atomic mass is 16.5. The summed E-state index contributed by atoms with van der Waals surface area (Å²) < 4.78 is 5.53. The number of aromatic nitrogens is 1. The fourth-order valence-electron chi connectivity index (χ4n) is 4.67. The van der Waals surface area contributed by atoms with Crippen molar-refractivity contribution in [3.63, 3.8) is 0 Å². The Morgan fingerprint density at radius 3 is 2.03 bits per heavy atom. The molecule has 1 N–H and O–H groups in total. The number of H-pyrrole nitrogens is 1. The predicted molar refractivity (Wildman–Crippen MR) is 146 cm³/mol. The van der Waals surface area contributed by atoms with Crippen LogP contribution >= 0.6 is 0 Å². The van der Waals surface area contributed by atoms with Crippen LogP contribution in [0.5, 0.6) is 0 Å². The van der Waals surface area contributed by atoms with E-state index in [-0.39, 0.29) is 24.5 Å². The van der Waals surface area contributed by atoms with Crippen molar-refractivity contribution in [3.8, 4) is 0 Å². The van der Waals surface area contributed by atoms with Gasteiger partial charge in [-0.25, -0.2) is 4.79 Å². The van der Waals surface area contributed by atoms with Crippen LogP contribution in [0.15, 0.2) is 91.0 Å². The van der Waals surface area contributed by atoms with Crippen molar-refractivity contribution in [3.05, 3.63) is 130 Å². The molecule has 37 heavy (non-hydrogen) atoms. The summed E-state index contributed by atoms with van der Waals surface area (Å²) >= 11 is 0. The van der Waals surface area contributed by atoms with Crippen LogP contribution in [0.2, 0.25) is 0 Å². The Morgan fingerprint density at radius 2 is 1.41 bits per heavy atom. The highest BCUT2D eigenvalue weighted by molar-refractivity contribution is 5.90. The van der Waals surface area contributed by atoms with Gasteiger partial charge < -0.3 is 14.6 Å². The number of aryl methyl sites for hydroxylation is 1. The minimum absolute atomic E-state index is 0.0640. The van der Waals surface area contributed by atoms with Gasteiger partial charge in [-0.05, 0) is 55.0 Å². The molecule has 4 rings (SSSR count). The monoisotopic (exact) mass is 494 g/mol. The summed E-state index contributed by atoms with van der Waals surface area (Å²) in [7, 11) is 0. The highest BCUT2D eigenvalue weighted by Crippen LogP contribution is 2.26. The van der Waals surface area contributed by atoms with E-state index < -0.39 is 0 Å². The van der Waals surface area contributed by atoms with Crippen molar-refractivity contribution in [1.29, 1.82) is 0 Å². The van der Waals surface area contributed by atoms with Crippen molar-refractivity contribution in [2.24, 2.45) is 0 Å². The van der Waals surface area contributed by atoms with E-state index in [0.717, 1.165) is 33.5 Å². The number of nitrogens with one attached hydrogen (secondary N) is 1. The van der Waals surface area contributed by atoms with E-state index in [2.05, 4.69) is 24.0 Å². The molecule has 5 heteroatoms. The Morgan fingerprint density at radius 1 is 0.838 bits per heavy atom. The molecule has 1 amide bonds. The molecule has 1 heterocycles. The molecule has 0 bridgehead atoms. The van der Waals surface area contributed by atoms with Crippen LogP contribution in [0.1, 0.15) is 63.4 Å². The molecule has 0 unspecified atom stereocenters. The lowest BCUT2D eigenvalue weighted by Crippen LogP contribution is -2.33. The van der Waals surface area contributed by atoms with Crippen LogP contribution in [0.25, 0.3) is 0 Å². The number of carbonyl (C=O) groups excluding carboxylic acids is 2. The Balaban J connectivity index is 1.46. The molecule has 5 nitrogen and oxygen atoms in total. The maximum Gasteiger partial charge on any atom is 0.355 e. The average molecular weight is 495 g/mol. The molecule has 1 aromatic heterocycles. The van der Waals surface area contributed by atoms with Crippen LogP contribution < -0.4 is 0 Å². The SMILES string of the molecule is Cc1[nH]c(C(=O)OCc2ccccc2)c(C)c1CCC(=O)N(Cc1ccccc1)[C@@H](C)c1ccccc1. The third-order valence-electron chi connectivity index (χ3n) is 6.86. The molecule has 0 saturated heterocycles. The Hall–Kier alpha value is -4.12. The molecule has 0 fully saturated rings. The first-order valence-corrected chi connectivity index (χ1v) is 12.7. The van der Waals surface area contributed by atoms with Gasteiger partial charge in [-0.3, -0.25) is 4.79 Å². The van der Waals surface area contributed by atoms with Crippen molar-refractivity contribution >= 4 is 11.9 Å². The number of amides is 1. The van der Waals surface area contributed by atoms with Crippen LogP contribution in [-0.2, 0) is 29.1 Å². The normalized spacial score (nSPS) is 11.6. The lowest BCUT2D eigenvalue weighted by molar-refractivity contribution is -0.134. The first kappa shape index (κ1) is 26.0. The van der Waals surface area contributed by atoms with Gasteiger partial charge in [0, 0.05) is 18.7 Å². The summed E-state index contributed by atoms with van der Waals surface area (Å²) in [4.78, 5) is 31.5. The van der Waals surface area contributed by atoms with E-state index in [1.165, 1.54) is 0 Å². The largest absolute Gasteiger partial charge is 0.456 e. The Kier molecular flexibility index (Phi) is 8.57. The number of benzene rings is 3. The molecule has 4 aromatic rings. The zero-order valence-electron chi connectivity index (χ0n) is 21.7. The van der Waals surface area contributed by atoms with E-state index in [0.29, 0.717) is 25.1 Å². The van der Waals surface area contributed by atoms with E-state index in [9.17, 15) is 9.59 Å². The van der Waals surface area contributed by atoms with Crippen molar-refractivity contribution < 1.29 is 14.3 Å². The lowest BCUT2D eigenvalue weighted by atomic mass is 10.0. The second-order valence-corrected chi connectivity index (χ2v) is 9.38. The summed E-state index contributed by atoms with van der Waals surface area (Å²) in [5.41, 5.74) is 6.31. The van der Waals surface area contributed by atoms with Crippen LogP contribution in [0.4, 0.5) is 0 Å². The molecule has 0 aliphatic heterocycles. The summed E-state index contributed by atoms with van der Waals surface area (Å²) in [5, 5.41) is 0. The number of hydrogen-bond donors (Lipinski definition) is 1. The quantitative estimate of drug-likeness (QED) is 0.249. The molecule has 1 atom stereocenters. The highest BCUT2D eigenvalue weighted by Gasteiger charge is 2.24. The molecule has 3 aromatic carbocycles. The summed E-state index contributed by atoms with van der Waals surface area (Å²) in [6.07, 6.45) is 0.897. The second kappa shape index (κ2) is 12.2. The summed E-state index contributed by atoms with van der Waals surface area (Å²) in [5.74, 6) is -0.307. The number of hydrogen-bond acceptors (Lipinski definition) is 3. The van der Waals surface area contributed by atoms with Crippen LogP contribution in [-0.4, -0.2) is 21.8 Å². The van der Waals surface area contributed by atoms with Crippen molar-refractivity contribution in [1.82, 2.24) is 9.88 Å². The summed E-state index contributed by atoms with van der Waals surface area (Å²) in [6.45, 7) is 6.68. The average Bonchev–Trinajstić information content (AvgIpc) is 3.23. The fourth-order valence-corrected chi connectivity index (χ4v) is 4.67. The standard InChI is InChI=1S/C32H34N2O3/c1-23-29(24(2)33-31(23)32(36)37-22-27-15-9-5-10-16-27)19-20-30(35)34(21-26-13-7-4-8-14-26)25(3)28-17-11-6-12-18-28/h4-18,25,33H,19-22H2,1-3H3/t25-/m0/s1. The first-order chi connectivity index (χ1) is 17.9. The smallest absolute Gasteiger partial charge is 0.355 e. The first-order valence-electron chi connectivity index (χ1n) is 12.7. The van der Waals surface area contributed by atoms with Gasteiger partial charge in [0.25, 0.3) is 0 Å². The fraction of sp³-hybridized carbons (Fsp3) is 0.250. The summed E-state index contributed by atoms with van der Waals surface area (Å²) in [6, 6.07) is 29.7. The maximum absolute atomic E-state index is 13.6. The van der Waals surface area contributed by atoms with Gasteiger partial charge in [0.2, 0.25) is 5.91 Å². The lowest BCUT2D eigenvalue weighted by Gasteiger charge is -2.30. The number of carbonyl (C=O) groups is 2. The number of esters is 1. The number of ether oxygens (including phenoxy) is 1. The number of aromatic amines is 1. The molecule has 190 valence electrons.